The van der Waals surface area contributed by atoms with Crippen LogP contribution in [-0.2, 0) is 6.54 Å². The van der Waals surface area contributed by atoms with Crippen molar-refractivity contribution in [2.75, 3.05) is 12.3 Å². The van der Waals surface area contributed by atoms with E-state index in [9.17, 15) is 9.18 Å². The number of alkyl halides is 1. The average Bonchev–Trinajstić information content (AvgIpc) is 3.09. The molecular formula is C21H21FN6O3. The highest BCUT2D eigenvalue weighted by molar-refractivity contribution is 5.88. The number of hydrogen-bond acceptors (Lipinski definition) is 7. The van der Waals surface area contributed by atoms with Crippen molar-refractivity contribution in [1.29, 1.82) is 0 Å². The second-order valence-corrected chi connectivity index (χ2v) is 7.14. The molecule has 3 aromatic rings. The lowest BCUT2D eigenvalue weighted by Crippen LogP contribution is -2.21. The van der Waals surface area contributed by atoms with Gasteiger partial charge >= 0.3 is 12.0 Å². The van der Waals surface area contributed by atoms with Crippen LogP contribution in [-0.4, -0.2) is 49.6 Å². The Morgan fingerprint density at radius 2 is 2.00 bits per heavy atom. The number of ether oxygens (including phenoxy) is 1. The molecule has 9 nitrogen and oxygen atoms in total. The summed E-state index contributed by atoms with van der Waals surface area (Å²) < 4.78 is 21.6. The fourth-order valence-electron chi connectivity index (χ4n) is 3.39. The number of hydrogen-bond donors (Lipinski definition) is 2. The van der Waals surface area contributed by atoms with E-state index in [-0.39, 0.29) is 17.4 Å². The highest BCUT2D eigenvalue weighted by Gasteiger charge is 2.28. The molecule has 3 N–H and O–H groups in total. The van der Waals surface area contributed by atoms with Gasteiger partial charge in [0.05, 0.1) is 18.7 Å². The third kappa shape index (κ3) is 3.83. The standard InChI is InChI=1S/C21H21FN6O3/c1-3-31-21-26-17(23)16-19(27-21)28(10-12-4-6-13(7-5-12)20(29)30)18(25-16)14-8-24-9-15(22)11(14)2/h4-9,11,15H,3,10H2,1-2H3,(H,29,30)(H2,23,26,27). The molecule has 1 aliphatic heterocycles. The Balaban J connectivity index is 1.88. The summed E-state index contributed by atoms with van der Waals surface area (Å²) in [5.41, 5.74) is 8.52. The highest BCUT2D eigenvalue weighted by Crippen LogP contribution is 2.33. The Bertz CT molecular complexity index is 1200. The number of aliphatic imine (C=N–C) groups is 1. The molecule has 4 rings (SSSR count). The fourth-order valence-corrected chi connectivity index (χ4v) is 3.39. The molecule has 0 amide bonds. The number of aromatic carboxylic acids is 1. The van der Waals surface area contributed by atoms with E-state index in [1.807, 2.05) is 6.92 Å². The predicted octanol–water partition coefficient (Wildman–Crippen LogP) is 2.95. The van der Waals surface area contributed by atoms with Crippen molar-refractivity contribution in [3.05, 3.63) is 47.4 Å². The van der Waals surface area contributed by atoms with Crippen LogP contribution in [0.4, 0.5) is 10.2 Å². The minimum Gasteiger partial charge on any atom is -0.478 e. The molecule has 160 valence electrons. The van der Waals surface area contributed by atoms with Crippen LogP contribution in [0.2, 0.25) is 0 Å². The molecule has 1 aromatic carbocycles. The summed E-state index contributed by atoms with van der Waals surface area (Å²) in [7, 11) is 0. The van der Waals surface area contributed by atoms with E-state index >= 15 is 0 Å². The molecule has 1 aliphatic rings. The van der Waals surface area contributed by atoms with Crippen LogP contribution in [0.3, 0.4) is 0 Å². The topological polar surface area (TPSA) is 129 Å². The largest absolute Gasteiger partial charge is 0.478 e. The molecule has 0 radical (unpaired) electrons. The summed E-state index contributed by atoms with van der Waals surface area (Å²) in [6.07, 6.45) is 1.59. The molecule has 0 fully saturated rings. The lowest BCUT2D eigenvalue weighted by Gasteiger charge is -2.20. The number of allylic oxidation sites excluding steroid dienone is 1. The first-order valence-corrected chi connectivity index (χ1v) is 9.75. The maximum Gasteiger partial charge on any atom is 0.335 e. The maximum absolute atomic E-state index is 14.3. The summed E-state index contributed by atoms with van der Waals surface area (Å²) in [5, 5.41) is 9.14. The summed E-state index contributed by atoms with van der Waals surface area (Å²) in [6.45, 7) is 4.24. The minimum absolute atomic E-state index is 0.119. The zero-order chi connectivity index (χ0) is 22.1. The fraction of sp³-hybridized carbons (Fsp3) is 0.286. The Morgan fingerprint density at radius 3 is 2.68 bits per heavy atom. The first-order chi connectivity index (χ1) is 14.9. The number of carboxylic acids is 1. The van der Waals surface area contributed by atoms with Crippen LogP contribution in [0.15, 0.2) is 35.5 Å². The van der Waals surface area contributed by atoms with Gasteiger partial charge in [-0.1, -0.05) is 19.1 Å². The zero-order valence-corrected chi connectivity index (χ0v) is 17.0. The van der Waals surface area contributed by atoms with Crippen LogP contribution < -0.4 is 10.5 Å². The lowest BCUT2D eigenvalue weighted by atomic mass is 9.95. The molecule has 10 heteroatoms. The summed E-state index contributed by atoms with van der Waals surface area (Å²) in [4.78, 5) is 28.4. The molecule has 3 heterocycles. The third-order valence-corrected chi connectivity index (χ3v) is 5.08. The SMILES string of the molecule is CCOc1nc(N)c2nc(C3=CN=CC(F)C3C)n(Cc3ccc(C(=O)O)cc3)c2n1. The van der Waals surface area contributed by atoms with E-state index in [1.54, 1.807) is 29.8 Å². The van der Waals surface area contributed by atoms with Gasteiger partial charge in [-0.25, -0.2) is 14.2 Å². The number of benzene rings is 1. The number of carboxylic acid groups (broad SMARTS) is 1. The van der Waals surface area contributed by atoms with Crippen molar-refractivity contribution < 1.29 is 19.0 Å². The maximum atomic E-state index is 14.3. The van der Waals surface area contributed by atoms with Gasteiger partial charge in [-0.15, -0.1) is 0 Å². The van der Waals surface area contributed by atoms with Crippen molar-refractivity contribution >= 4 is 34.7 Å². The minimum atomic E-state index is -1.24. The number of nitrogens with two attached hydrogens (primary N) is 1. The number of anilines is 1. The molecule has 2 unspecified atom stereocenters. The number of carbonyl (C=O) groups is 1. The van der Waals surface area contributed by atoms with Crippen LogP contribution in [0.25, 0.3) is 16.7 Å². The van der Waals surface area contributed by atoms with Gasteiger partial charge in [0.1, 0.15) is 12.0 Å². The molecule has 0 bridgehead atoms. The van der Waals surface area contributed by atoms with Gasteiger partial charge in [0.15, 0.2) is 17.0 Å². The number of nitrogen functional groups attached to an aromatic ring is 1. The second kappa shape index (κ2) is 8.13. The van der Waals surface area contributed by atoms with Crippen molar-refractivity contribution in [2.45, 2.75) is 26.6 Å². The monoisotopic (exact) mass is 424 g/mol. The highest BCUT2D eigenvalue weighted by atomic mass is 19.1. The zero-order valence-electron chi connectivity index (χ0n) is 17.0. The van der Waals surface area contributed by atoms with Gasteiger partial charge in [0.25, 0.3) is 0 Å². The van der Waals surface area contributed by atoms with Crippen molar-refractivity contribution in [3.8, 4) is 6.01 Å². The predicted molar refractivity (Wildman–Crippen MR) is 114 cm³/mol. The smallest absolute Gasteiger partial charge is 0.335 e. The molecule has 2 aromatic heterocycles. The van der Waals surface area contributed by atoms with Crippen LogP contribution in [0.1, 0.15) is 35.6 Å². The molecular weight excluding hydrogens is 403 g/mol. The Kier molecular flexibility index (Phi) is 5.37. The Labute approximate surface area is 177 Å². The molecule has 0 spiro atoms. The summed E-state index contributed by atoms with van der Waals surface area (Å²) in [5.74, 6) is -0.851. The average molecular weight is 424 g/mol. The van der Waals surface area contributed by atoms with Crippen molar-refractivity contribution in [2.24, 2.45) is 10.9 Å². The van der Waals surface area contributed by atoms with Crippen LogP contribution >= 0.6 is 0 Å². The van der Waals surface area contributed by atoms with E-state index < -0.39 is 18.1 Å². The first-order valence-electron chi connectivity index (χ1n) is 9.75. The number of nitrogens with zero attached hydrogens (tertiary/aromatic N) is 5. The Morgan fingerprint density at radius 1 is 1.26 bits per heavy atom. The molecule has 0 aliphatic carbocycles. The third-order valence-electron chi connectivity index (χ3n) is 5.08. The quantitative estimate of drug-likeness (QED) is 0.622. The van der Waals surface area contributed by atoms with Crippen LogP contribution in [0.5, 0.6) is 6.01 Å². The molecule has 0 saturated heterocycles. The number of imidazole rings is 1. The number of rotatable bonds is 6. The normalized spacial score (nSPS) is 18.2. The first kappa shape index (κ1) is 20.5. The van der Waals surface area contributed by atoms with E-state index in [0.717, 1.165) is 5.56 Å². The van der Waals surface area contributed by atoms with Crippen LogP contribution in [0, 0.1) is 5.92 Å². The molecule has 0 saturated carbocycles. The van der Waals surface area contributed by atoms with Gasteiger partial charge in [-0.05, 0) is 24.6 Å². The lowest BCUT2D eigenvalue weighted by molar-refractivity contribution is 0.0697. The summed E-state index contributed by atoms with van der Waals surface area (Å²) >= 11 is 0. The van der Waals surface area contributed by atoms with E-state index in [1.165, 1.54) is 18.3 Å². The number of fused-ring (bicyclic) bond motifs is 1. The van der Waals surface area contributed by atoms with Gasteiger partial charge in [-0.2, -0.15) is 9.97 Å². The van der Waals surface area contributed by atoms with Gasteiger partial charge in [-0.3, -0.25) is 4.99 Å². The van der Waals surface area contributed by atoms with Crippen molar-refractivity contribution in [1.82, 2.24) is 19.5 Å². The molecule has 2 atom stereocenters. The Hall–Kier alpha value is -3.82. The summed E-state index contributed by atoms with van der Waals surface area (Å²) in [6, 6.07) is 6.59. The van der Waals surface area contributed by atoms with E-state index in [4.69, 9.17) is 15.6 Å². The van der Waals surface area contributed by atoms with E-state index in [0.29, 0.717) is 35.7 Å². The molecule has 31 heavy (non-hydrogen) atoms. The number of halogens is 1. The van der Waals surface area contributed by atoms with Gasteiger partial charge in [0.2, 0.25) is 0 Å². The van der Waals surface area contributed by atoms with E-state index in [2.05, 4.69) is 19.9 Å². The van der Waals surface area contributed by atoms with Gasteiger partial charge < -0.3 is 20.1 Å². The van der Waals surface area contributed by atoms with Gasteiger partial charge in [0, 0.05) is 23.9 Å². The number of aromatic nitrogens is 4. The second-order valence-electron chi connectivity index (χ2n) is 7.14. The van der Waals surface area contributed by atoms with Crippen molar-refractivity contribution in [3.63, 3.8) is 0 Å².